The molecule has 2 fully saturated rings. The van der Waals surface area contributed by atoms with Crippen molar-refractivity contribution in [2.45, 2.75) is 50.1 Å². The van der Waals surface area contributed by atoms with E-state index in [-0.39, 0.29) is 11.4 Å². The average molecular weight is 385 g/mol. The fourth-order valence-electron chi connectivity index (χ4n) is 4.49. The van der Waals surface area contributed by atoms with Crippen molar-refractivity contribution < 1.29 is 4.79 Å². The largest absolute Gasteiger partial charge is 0.366 e. The predicted molar refractivity (Wildman–Crippen MR) is 107 cm³/mol. The summed E-state index contributed by atoms with van der Waals surface area (Å²) >= 11 is 1.52. The number of fused-ring (bicyclic) bond motifs is 2. The van der Waals surface area contributed by atoms with E-state index in [4.69, 9.17) is 0 Å². The summed E-state index contributed by atoms with van der Waals surface area (Å²) in [7, 11) is 0. The van der Waals surface area contributed by atoms with E-state index in [1.54, 1.807) is 6.33 Å². The number of hydrogen-bond acceptors (Lipinski definition) is 7. The minimum atomic E-state index is -0.144. The van der Waals surface area contributed by atoms with Gasteiger partial charge in [-0.1, -0.05) is 19.3 Å². The standard InChI is InChI=1S/C19H24N6OS/c26-18-17-13(19(25-18)5-2-1-3-6-19)8-16(27-17)24-15-9-14(21-11-22-15)23-12-4-7-20-10-12/h8-9,11-12,20H,1-7,10H2,(H,25,26)(H2,21,22,23,24). The third-order valence-electron chi connectivity index (χ3n) is 5.84. The van der Waals surface area contributed by atoms with Gasteiger partial charge < -0.3 is 21.3 Å². The Morgan fingerprint density at radius 3 is 2.81 bits per heavy atom. The van der Waals surface area contributed by atoms with Crippen molar-refractivity contribution in [2.75, 3.05) is 23.7 Å². The van der Waals surface area contributed by atoms with E-state index in [9.17, 15) is 4.79 Å². The van der Waals surface area contributed by atoms with Gasteiger partial charge in [0.05, 0.1) is 15.4 Å². The molecule has 0 bridgehead atoms. The number of aromatic nitrogens is 2. The van der Waals surface area contributed by atoms with Crippen LogP contribution in [0.2, 0.25) is 0 Å². The van der Waals surface area contributed by atoms with Gasteiger partial charge in [0, 0.05) is 24.2 Å². The Labute approximate surface area is 162 Å². The Morgan fingerprint density at radius 2 is 2.00 bits per heavy atom. The summed E-state index contributed by atoms with van der Waals surface area (Å²) in [5.41, 5.74) is 1.03. The highest BCUT2D eigenvalue weighted by Gasteiger charge is 2.44. The fourth-order valence-corrected chi connectivity index (χ4v) is 5.55. The van der Waals surface area contributed by atoms with Crippen LogP contribution in [-0.4, -0.2) is 35.0 Å². The Hall–Kier alpha value is -2.19. The van der Waals surface area contributed by atoms with Crippen LogP contribution in [0.3, 0.4) is 0 Å². The molecule has 3 aliphatic rings. The minimum Gasteiger partial charge on any atom is -0.366 e. The Bertz CT molecular complexity index is 854. The topological polar surface area (TPSA) is 91.0 Å². The van der Waals surface area contributed by atoms with E-state index >= 15 is 0 Å². The van der Waals surface area contributed by atoms with Gasteiger partial charge in [0.15, 0.2) is 0 Å². The first kappa shape index (κ1) is 16.9. The summed E-state index contributed by atoms with van der Waals surface area (Å²) in [6.07, 6.45) is 8.36. The number of carbonyl (C=O) groups is 1. The lowest BCUT2D eigenvalue weighted by Gasteiger charge is -2.33. The second kappa shape index (κ2) is 6.76. The normalized spacial score (nSPS) is 23.3. The number of nitrogens with one attached hydrogen (secondary N) is 4. The Morgan fingerprint density at radius 1 is 1.15 bits per heavy atom. The van der Waals surface area contributed by atoms with Crippen molar-refractivity contribution >= 4 is 33.9 Å². The van der Waals surface area contributed by atoms with Gasteiger partial charge in [0.2, 0.25) is 0 Å². The maximum Gasteiger partial charge on any atom is 0.262 e. The van der Waals surface area contributed by atoms with E-state index in [0.717, 1.165) is 53.9 Å². The van der Waals surface area contributed by atoms with Gasteiger partial charge in [-0.05, 0) is 31.9 Å². The lowest BCUT2D eigenvalue weighted by Crippen LogP contribution is -2.40. The quantitative estimate of drug-likeness (QED) is 0.648. The number of rotatable bonds is 4. The van der Waals surface area contributed by atoms with Crippen LogP contribution in [0.15, 0.2) is 18.5 Å². The maximum absolute atomic E-state index is 12.5. The Kier molecular flexibility index (Phi) is 4.24. The second-order valence-electron chi connectivity index (χ2n) is 7.70. The van der Waals surface area contributed by atoms with Crippen molar-refractivity contribution in [2.24, 2.45) is 0 Å². The summed E-state index contributed by atoms with van der Waals surface area (Å²) < 4.78 is 0. The molecule has 4 heterocycles. The van der Waals surface area contributed by atoms with Crippen LogP contribution in [0.5, 0.6) is 0 Å². The second-order valence-corrected chi connectivity index (χ2v) is 8.75. The van der Waals surface area contributed by atoms with Crippen LogP contribution in [0.4, 0.5) is 16.6 Å². The lowest BCUT2D eigenvalue weighted by atomic mass is 9.78. The molecule has 0 radical (unpaired) electrons. The van der Waals surface area contributed by atoms with Crippen LogP contribution in [-0.2, 0) is 5.54 Å². The molecule has 2 aromatic heterocycles. The van der Waals surface area contributed by atoms with E-state index in [2.05, 4.69) is 37.3 Å². The first-order valence-electron chi connectivity index (χ1n) is 9.75. The summed E-state index contributed by atoms with van der Waals surface area (Å²) in [6, 6.07) is 4.48. The molecule has 27 heavy (non-hydrogen) atoms. The van der Waals surface area contributed by atoms with Crippen molar-refractivity contribution in [1.82, 2.24) is 20.6 Å². The van der Waals surface area contributed by atoms with Crippen molar-refractivity contribution in [3.05, 3.63) is 28.9 Å². The van der Waals surface area contributed by atoms with Gasteiger partial charge in [-0.25, -0.2) is 9.97 Å². The SMILES string of the molecule is O=C1NC2(CCCCC2)c2cc(Nc3cc(NC4CCNC4)ncn3)sc21. The summed E-state index contributed by atoms with van der Waals surface area (Å²) in [5, 5.41) is 14.4. The van der Waals surface area contributed by atoms with E-state index in [1.165, 1.54) is 36.2 Å². The molecule has 2 aromatic rings. The molecule has 2 aliphatic heterocycles. The first-order chi connectivity index (χ1) is 13.2. The molecule has 1 amide bonds. The molecule has 0 aromatic carbocycles. The monoisotopic (exact) mass is 384 g/mol. The third kappa shape index (κ3) is 3.17. The average Bonchev–Trinajstić information content (AvgIpc) is 3.37. The summed E-state index contributed by atoms with van der Waals surface area (Å²) in [5.74, 6) is 1.65. The zero-order chi connectivity index (χ0) is 18.3. The molecule has 8 heteroatoms. The zero-order valence-corrected chi connectivity index (χ0v) is 16.0. The molecule has 1 saturated heterocycles. The van der Waals surface area contributed by atoms with Gasteiger partial charge in [-0.2, -0.15) is 0 Å². The van der Waals surface area contributed by atoms with Crippen molar-refractivity contribution in [1.29, 1.82) is 0 Å². The van der Waals surface area contributed by atoms with Crippen molar-refractivity contribution in [3.63, 3.8) is 0 Å². The Balaban J connectivity index is 1.35. The van der Waals surface area contributed by atoms with E-state index < -0.39 is 0 Å². The molecular weight excluding hydrogens is 360 g/mol. The molecule has 1 aliphatic carbocycles. The predicted octanol–water partition coefficient (Wildman–Crippen LogP) is 2.96. The number of carbonyl (C=O) groups excluding carboxylic acids is 1. The molecule has 1 atom stereocenters. The molecule has 1 unspecified atom stereocenters. The molecule has 1 saturated carbocycles. The van der Waals surface area contributed by atoms with Gasteiger partial charge in [-0.15, -0.1) is 11.3 Å². The van der Waals surface area contributed by atoms with Gasteiger partial charge in [0.25, 0.3) is 5.91 Å². The van der Waals surface area contributed by atoms with Gasteiger partial charge >= 0.3 is 0 Å². The van der Waals surface area contributed by atoms with Crippen LogP contribution in [0.25, 0.3) is 0 Å². The lowest BCUT2D eigenvalue weighted by molar-refractivity contribution is 0.0912. The summed E-state index contributed by atoms with van der Waals surface area (Å²) in [6.45, 7) is 2.00. The van der Waals surface area contributed by atoms with Crippen LogP contribution < -0.4 is 21.3 Å². The number of amides is 1. The zero-order valence-electron chi connectivity index (χ0n) is 15.2. The molecule has 1 spiro atoms. The molecule has 7 nitrogen and oxygen atoms in total. The minimum absolute atomic E-state index is 0.0729. The third-order valence-corrected chi connectivity index (χ3v) is 6.89. The molecule has 142 valence electrons. The highest BCUT2D eigenvalue weighted by Crippen LogP contribution is 2.47. The van der Waals surface area contributed by atoms with Crippen LogP contribution >= 0.6 is 11.3 Å². The maximum atomic E-state index is 12.5. The number of nitrogens with zero attached hydrogens (tertiary/aromatic N) is 2. The fraction of sp³-hybridized carbons (Fsp3) is 0.526. The van der Waals surface area contributed by atoms with Gasteiger partial charge in [-0.3, -0.25) is 4.79 Å². The van der Waals surface area contributed by atoms with E-state index in [0.29, 0.717) is 6.04 Å². The number of thiophene rings is 1. The molecule has 5 rings (SSSR count). The van der Waals surface area contributed by atoms with Crippen LogP contribution in [0.1, 0.15) is 53.8 Å². The smallest absolute Gasteiger partial charge is 0.262 e. The molecular formula is C19H24N6OS. The molecule has 4 N–H and O–H groups in total. The summed E-state index contributed by atoms with van der Waals surface area (Å²) in [4.78, 5) is 22.0. The van der Waals surface area contributed by atoms with Gasteiger partial charge in [0.1, 0.15) is 18.0 Å². The highest BCUT2D eigenvalue weighted by molar-refractivity contribution is 7.18. The number of anilines is 3. The number of hydrogen-bond donors (Lipinski definition) is 4. The van der Waals surface area contributed by atoms with E-state index in [1.807, 2.05) is 6.07 Å². The first-order valence-corrected chi connectivity index (χ1v) is 10.6. The van der Waals surface area contributed by atoms with Crippen molar-refractivity contribution in [3.8, 4) is 0 Å². The van der Waals surface area contributed by atoms with Crippen LogP contribution in [0, 0.1) is 0 Å². The highest BCUT2D eigenvalue weighted by atomic mass is 32.1.